The Bertz CT molecular complexity index is 949. The maximum absolute atomic E-state index is 12.7. The van der Waals surface area contributed by atoms with Crippen LogP contribution < -0.4 is 16.0 Å². The minimum Gasteiger partial charge on any atom is -0.398 e. The average molecular weight is 450 g/mol. The zero-order valence-electron chi connectivity index (χ0n) is 16.1. The summed E-state index contributed by atoms with van der Waals surface area (Å²) in [7, 11) is 1.30. The SMILES string of the molecule is CON=C(C(=O)N[C@H]1C(=O)N[C@H]1CCc1ccccc1)c1csc(NC(=O)CCl)n1. The van der Waals surface area contributed by atoms with Gasteiger partial charge in [-0.25, -0.2) is 4.98 Å². The van der Waals surface area contributed by atoms with Crippen molar-refractivity contribution in [1.82, 2.24) is 15.6 Å². The van der Waals surface area contributed by atoms with Crippen molar-refractivity contribution in [3.8, 4) is 0 Å². The number of carbonyl (C=O) groups excluding carboxylic acids is 3. The van der Waals surface area contributed by atoms with Crippen LogP contribution in [0.25, 0.3) is 0 Å². The molecule has 0 unspecified atom stereocenters. The lowest BCUT2D eigenvalue weighted by molar-refractivity contribution is -0.134. The van der Waals surface area contributed by atoms with E-state index in [9.17, 15) is 14.4 Å². The highest BCUT2D eigenvalue weighted by atomic mass is 35.5. The third kappa shape index (κ3) is 5.33. The van der Waals surface area contributed by atoms with Crippen molar-refractivity contribution in [2.45, 2.75) is 24.9 Å². The first-order valence-corrected chi connectivity index (χ1v) is 10.5. The van der Waals surface area contributed by atoms with Crippen LogP contribution in [0, 0.1) is 0 Å². The van der Waals surface area contributed by atoms with E-state index in [0.29, 0.717) is 6.42 Å². The Morgan fingerprint density at radius 2 is 2.10 bits per heavy atom. The van der Waals surface area contributed by atoms with E-state index in [4.69, 9.17) is 16.4 Å². The van der Waals surface area contributed by atoms with Gasteiger partial charge in [0.05, 0.1) is 6.04 Å². The number of rotatable bonds is 9. The van der Waals surface area contributed by atoms with Gasteiger partial charge in [0.2, 0.25) is 11.8 Å². The number of nitrogens with zero attached hydrogens (tertiary/aromatic N) is 2. The standard InChI is InChI=1S/C19H20ClN5O4S/c1-29-25-16(13-10-30-19(22-13)23-14(26)9-20)18(28)24-15-12(21-17(15)27)8-7-11-5-3-2-4-6-11/h2-6,10,12,15H,7-9H2,1H3,(H,21,27)(H,24,28)(H,22,23,26)/t12-,15+/m0/s1. The fraction of sp³-hybridized carbons (Fsp3) is 0.316. The third-order valence-corrected chi connectivity index (χ3v) is 5.40. The number of alkyl halides is 1. The summed E-state index contributed by atoms with van der Waals surface area (Å²) >= 11 is 6.58. The van der Waals surface area contributed by atoms with Crippen LogP contribution in [0.15, 0.2) is 40.9 Å². The second-order valence-electron chi connectivity index (χ2n) is 6.43. The van der Waals surface area contributed by atoms with Gasteiger partial charge in [-0.1, -0.05) is 35.5 Å². The van der Waals surface area contributed by atoms with Crippen LogP contribution in [0.3, 0.4) is 0 Å². The predicted octanol–water partition coefficient (Wildman–Crippen LogP) is 1.29. The highest BCUT2D eigenvalue weighted by Gasteiger charge is 2.40. The maximum Gasteiger partial charge on any atom is 0.276 e. The van der Waals surface area contributed by atoms with E-state index in [1.807, 2.05) is 30.3 Å². The third-order valence-electron chi connectivity index (χ3n) is 4.40. The minimum atomic E-state index is -0.669. The Kier molecular flexibility index (Phi) is 7.36. The second kappa shape index (κ2) is 10.2. The van der Waals surface area contributed by atoms with Gasteiger partial charge in [0.25, 0.3) is 5.91 Å². The molecule has 1 aliphatic rings. The predicted molar refractivity (Wildman–Crippen MR) is 114 cm³/mol. The number of benzene rings is 1. The number of thiazole rings is 1. The normalized spacial score (nSPS) is 18.2. The summed E-state index contributed by atoms with van der Waals surface area (Å²) < 4.78 is 0. The second-order valence-corrected chi connectivity index (χ2v) is 7.56. The lowest BCUT2D eigenvalue weighted by atomic mass is 9.92. The van der Waals surface area contributed by atoms with Crippen molar-refractivity contribution in [3.63, 3.8) is 0 Å². The van der Waals surface area contributed by atoms with Crippen LogP contribution >= 0.6 is 22.9 Å². The molecule has 2 atom stereocenters. The van der Waals surface area contributed by atoms with Crippen molar-refractivity contribution in [2.75, 3.05) is 18.3 Å². The Balaban J connectivity index is 1.63. The minimum absolute atomic E-state index is 0.0957. The number of carbonyl (C=O) groups is 3. The summed E-state index contributed by atoms with van der Waals surface area (Å²) in [6.45, 7) is 0. The molecule has 30 heavy (non-hydrogen) atoms. The van der Waals surface area contributed by atoms with Crippen LogP contribution in [0.2, 0.25) is 0 Å². The van der Waals surface area contributed by atoms with Crippen LogP contribution in [-0.2, 0) is 25.6 Å². The van der Waals surface area contributed by atoms with Crippen molar-refractivity contribution < 1.29 is 19.2 Å². The van der Waals surface area contributed by atoms with E-state index in [2.05, 4.69) is 26.1 Å². The summed E-state index contributed by atoms with van der Waals surface area (Å²) in [6.07, 6.45) is 1.45. The number of amides is 3. The van der Waals surface area contributed by atoms with E-state index in [-0.39, 0.29) is 34.4 Å². The molecule has 3 rings (SSSR count). The number of oxime groups is 1. The average Bonchev–Trinajstić information content (AvgIpc) is 3.21. The highest BCUT2D eigenvalue weighted by molar-refractivity contribution is 7.14. The van der Waals surface area contributed by atoms with Crippen molar-refractivity contribution in [2.24, 2.45) is 5.16 Å². The first-order valence-electron chi connectivity index (χ1n) is 9.10. The molecule has 158 valence electrons. The molecule has 0 saturated carbocycles. The van der Waals surface area contributed by atoms with Crippen LogP contribution in [-0.4, -0.2) is 53.5 Å². The fourth-order valence-corrected chi connectivity index (χ4v) is 3.69. The Labute approximate surface area is 181 Å². The summed E-state index contributed by atoms with van der Waals surface area (Å²) in [5, 5.41) is 13.6. The molecule has 3 N–H and O–H groups in total. The number of anilines is 1. The zero-order valence-corrected chi connectivity index (χ0v) is 17.6. The van der Waals surface area contributed by atoms with Gasteiger partial charge in [-0.2, -0.15) is 0 Å². The van der Waals surface area contributed by atoms with Gasteiger partial charge in [-0.05, 0) is 18.4 Å². The lowest BCUT2D eigenvalue weighted by Crippen LogP contribution is -2.69. The quantitative estimate of drug-likeness (QED) is 0.230. The number of hydrogen-bond donors (Lipinski definition) is 3. The van der Waals surface area contributed by atoms with Crippen molar-refractivity contribution in [3.05, 3.63) is 47.0 Å². The summed E-state index contributed by atoms with van der Waals surface area (Å²) in [5.41, 5.74) is 1.27. The molecule has 1 aromatic heterocycles. The van der Waals surface area contributed by atoms with Crippen LogP contribution in [0.4, 0.5) is 5.13 Å². The molecule has 2 heterocycles. The monoisotopic (exact) mass is 449 g/mol. The zero-order chi connectivity index (χ0) is 21.5. The van der Waals surface area contributed by atoms with Gasteiger partial charge < -0.3 is 20.8 Å². The molecule has 0 spiro atoms. The lowest BCUT2D eigenvalue weighted by Gasteiger charge is -2.37. The fourth-order valence-electron chi connectivity index (χ4n) is 2.91. The van der Waals surface area contributed by atoms with Gasteiger partial charge >= 0.3 is 0 Å². The number of β-lactam (4-membered cyclic amide) rings is 1. The molecule has 0 bridgehead atoms. The molecule has 1 aromatic carbocycles. The van der Waals surface area contributed by atoms with E-state index >= 15 is 0 Å². The molecule has 3 amide bonds. The molecule has 1 fully saturated rings. The summed E-state index contributed by atoms with van der Waals surface area (Å²) in [5.74, 6) is -1.48. The maximum atomic E-state index is 12.7. The molecular formula is C19H20ClN5O4S. The van der Waals surface area contributed by atoms with Gasteiger partial charge in [0.1, 0.15) is 24.7 Å². The van der Waals surface area contributed by atoms with E-state index in [1.54, 1.807) is 5.38 Å². The van der Waals surface area contributed by atoms with E-state index in [0.717, 1.165) is 23.3 Å². The molecule has 0 aliphatic carbocycles. The number of nitrogens with one attached hydrogen (secondary N) is 3. The highest BCUT2D eigenvalue weighted by Crippen LogP contribution is 2.18. The molecular weight excluding hydrogens is 430 g/mol. The van der Waals surface area contributed by atoms with Gasteiger partial charge in [0, 0.05) is 5.38 Å². The van der Waals surface area contributed by atoms with Crippen molar-refractivity contribution in [1.29, 1.82) is 0 Å². The Morgan fingerprint density at radius 1 is 1.33 bits per heavy atom. The Hall–Kier alpha value is -2.98. The summed E-state index contributed by atoms with van der Waals surface area (Å²) in [6, 6.07) is 9.04. The topological polar surface area (TPSA) is 122 Å². The van der Waals surface area contributed by atoms with Crippen LogP contribution in [0.5, 0.6) is 0 Å². The van der Waals surface area contributed by atoms with Gasteiger partial charge in [-0.3, -0.25) is 14.4 Å². The molecule has 11 heteroatoms. The van der Waals surface area contributed by atoms with Gasteiger partial charge in [-0.15, -0.1) is 22.9 Å². The smallest absolute Gasteiger partial charge is 0.276 e. The Morgan fingerprint density at radius 3 is 2.77 bits per heavy atom. The van der Waals surface area contributed by atoms with E-state index < -0.39 is 17.9 Å². The van der Waals surface area contributed by atoms with Crippen LogP contribution in [0.1, 0.15) is 17.7 Å². The van der Waals surface area contributed by atoms with Gasteiger partial charge in [0.15, 0.2) is 10.8 Å². The number of aromatic nitrogens is 1. The first kappa shape index (κ1) is 21.7. The molecule has 1 aliphatic heterocycles. The molecule has 0 radical (unpaired) electrons. The molecule has 1 saturated heterocycles. The number of halogens is 1. The number of hydrogen-bond acceptors (Lipinski definition) is 7. The van der Waals surface area contributed by atoms with E-state index in [1.165, 1.54) is 7.11 Å². The number of aryl methyl sites for hydroxylation is 1. The first-order chi connectivity index (χ1) is 14.5. The molecule has 2 aromatic rings. The summed E-state index contributed by atoms with van der Waals surface area (Å²) in [4.78, 5) is 45.1. The van der Waals surface area contributed by atoms with Crippen molar-refractivity contribution >= 4 is 51.5 Å². The largest absolute Gasteiger partial charge is 0.398 e. The molecule has 9 nitrogen and oxygen atoms in total.